The highest BCUT2D eigenvalue weighted by Crippen LogP contribution is 2.06. The highest BCUT2D eigenvalue weighted by molar-refractivity contribution is 5.78. The Balaban J connectivity index is 1.86. The van der Waals surface area contributed by atoms with Gasteiger partial charge in [-0.15, -0.1) is 0 Å². The quantitative estimate of drug-likeness (QED) is 0.839. The maximum atomic E-state index is 11.7. The normalized spacial score (nSPS) is 10.3. The Morgan fingerprint density at radius 1 is 1.22 bits per heavy atom. The zero-order chi connectivity index (χ0) is 12.8. The van der Waals surface area contributed by atoms with Gasteiger partial charge in [0.25, 0.3) is 0 Å². The van der Waals surface area contributed by atoms with Crippen LogP contribution in [0, 0.1) is 0 Å². The first-order valence-corrected chi connectivity index (χ1v) is 5.85. The Morgan fingerprint density at radius 2 is 2.06 bits per heavy atom. The number of nitrogens with two attached hydrogens (primary N) is 1. The number of carbonyl (C=O) groups excluding carboxylic acids is 1. The number of furan rings is 1. The van der Waals surface area contributed by atoms with Crippen molar-refractivity contribution < 1.29 is 9.21 Å². The fourth-order valence-corrected chi connectivity index (χ4v) is 1.71. The highest BCUT2D eigenvalue weighted by Gasteiger charge is 2.04. The fourth-order valence-electron chi connectivity index (χ4n) is 1.71. The summed E-state index contributed by atoms with van der Waals surface area (Å²) in [4.78, 5) is 11.7. The summed E-state index contributed by atoms with van der Waals surface area (Å²) in [5.74, 6) is 0.722. The molecule has 18 heavy (non-hydrogen) atoms. The van der Waals surface area contributed by atoms with E-state index in [-0.39, 0.29) is 5.91 Å². The van der Waals surface area contributed by atoms with Gasteiger partial charge in [0.15, 0.2) is 0 Å². The van der Waals surface area contributed by atoms with Crippen molar-refractivity contribution in [1.82, 2.24) is 5.32 Å². The van der Waals surface area contributed by atoms with Crippen molar-refractivity contribution >= 4 is 5.91 Å². The zero-order valence-corrected chi connectivity index (χ0v) is 10.1. The molecule has 1 aromatic carbocycles. The molecule has 1 aromatic heterocycles. The van der Waals surface area contributed by atoms with E-state index >= 15 is 0 Å². The minimum atomic E-state index is -0.0272. The summed E-state index contributed by atoms with van der Waals surface area (Å²) >= 11 is 0. The second kappa shape index (κ2) is 6.02. The molecule has 1 heterocycles. The topological polar surface area (TPSA) is 68.3 Å². The molecule has 2 aromatic rings. The van der Waals surface area contributed by atoms with Crippen molar-refractivity contribution in [3.8, 4) is 0 Å². The second-order valence-electron chi connectivity index (χ2n) is 4.06. The smallest absolute Gasteiger partial charge is 0.224 e. The average molecular weight is 244 g/mol. The molecule has 0 spiro atoms. The predicted octanol–water partition coefficient (Wildman–Crippen LogP) is 1.60. The van der Waals surface area contributed by atoms with E-state index in [1.54, 1.807) is 12.3 Å². The van der Waals surface area contributed by atoms with Crippen LogP contribution >= 0.6 is 0 Å². The van der Waals surface area contributed by atoms with E-state index in [4.69, 9.17) is 10.2 Å². The number of amides is 1. The third kappa shape index (κ3) is 3.46. The first-order valence-electron chi connectivity index (χ1n) is 5.85. The molecule has 2 rings (SSSR count). The van der Waals surface area contributed by atoms with Gasteiger partial charge in [0.2, 0.25) is 5.91 Å². The number of carbonyl (C=O) groups is 1. The van der Waals surface area contributed by atoms with Crippen molar-refractivity contribution in [3.05, 3.63) is 59.5 Å². The van der Waals surface area contributed by atoms with Crippen LogP contribution in [0.1, 0.15) is 16.9 Å². The van der Waals surface area contributed by atoms with Crippen molar-refractivity contribution in [1.29, 1.82) is 0 Å². The SMILES string of the molecule is NCc1cccc(CC(=O)NCc2ccco2)c1. The van der Waals surface area contributed by atoms with Crippen LogP contribution in [0.2, 0.25) is 0 Å². The Bertz CT molecular complexity index is 506. The molecule has 4 heteroatoms. The first-order chi connectivity index (χ1) is 8.78. The molecule has 0 aliphatic rings. The molecule has 0 unspecified atom stereocenters. The standard InChI is InChI=1S/C14H16N2O2/c15-9-12-4-1-3-11(7-12)8-14(17)16-10-13-5-2-6-18-13/h1-7H,8-10,15H2,(H,16,17). The maximum Gasteiger partial charge on any atom is 0.224 e. The summed E-state index contributed by atoms with van der Waals surface area (Å²) in [6.45, 7) is 0.907. The Labute approximate surface area is 106 Å². The van der Waals surface area contributed by atoms with Gasteiger partial charge >= 0.3 is 0 Å². The van der Waals surface area contributed by atoms with Crippen LogP contribution in [0.15, 0.2) is 47.1 Å². The van der Waals surface area contributed by atoms with E-state index in [0.717, 1.165) is 16.9 Å². The van der Waals surface area contributed by atoms with Crippen LogP contribution in [-0.4, -0.2) is 5.91 Å². The molecule has 94 valence electrons. The molecule has 0 aliphatic heterocycles. The largest absolute Gasteiger partial charge is 0.467 e. The summed E-state index contributed by atoms with van der Waals surface area (Å²) in [5, 5.41) is 2.81. The summed E-state index contributed by atoms with van der Waals surface area (Å²) in [6, 6.07) is 11.4. The van der Waals surface area contributed by atoms with Crippen molar-refractivity contribution in [2.75, 3.05) is 0 Å². The molecular formula is C14H16N2O2. The molecule has 0 saturated carbocycles. The summed E-state index contributed by atoms with van der Waals surface area (Å²) in [7, 11) is 0. The molecule has 0 bridgehead atoms. The number of hydrogen-bond acceptors (Lipinski definition) is 3. The van der Waals surface area contributed by atoms with Crippen LogP contribution in [0.4, 0.5) is 0 Å². The lowest BCUT2D eigenvalue weighted by Crippen LogP contribution is -2.24. The molecule has 0 aliphatic carbocycles. The molecule has 0 fully saturated rings. The number of benzene rings is 1. The second-order valence-corrected chi connectivity index (χ2v) is 4.06. The predicted molar refractivity (Wildman–Crippen MR) is 68.6 cm³/mol. The fraction of sp³-hybridized carbons (Fsp3) is 0.214. The molecule has 0 atom stereocenters. The monoisotopic (exact) mass is 244 g/mol. The van der Waals surface area contributed by atoms with E-state index in [1.807, 2.05) is 30.3 Å². The van der Waals surface area contributed by atoms with Gasteiger partial charge in [-0.05, 0) is 23.3 Å². The lowest BCUT2D eigenvalue weighted by atomic mass is 10.1. The zero-order valence-electron chi connectivity index (χ0n) is 10.1. The third-order valence-electron chi connectivity index (χ3n) is 2.63. The van der Waals surface area contributed by atoms with Gasteiger partial charge in [0.1, 0.15) is 5.76 Å². The third-order valence-corrected chi connectivity index (χ3v) is 2.63. The van der Waals surface area contributed by atoms with Gasteiger partial charge in [0, 0.05) is 6.54 Å². The van der Waals surface area contributed by atoms with Gasteiger partial charge in [0.05, 0.1) is 19.2 Å². The van der Waals surface area contributed by atoms with E-state index in [1.165, 1.54) is 0 Å². The highest BCUT2D eigenvalue weighted by atomic mass is 16.3. The van der Waals surface area contributed by atoms with Crippen molar-refractivity contribution in [2.45, 2.75) is 19.5 Å². The van der Waals surface area contributed by atoms with Crippen LogP contribution < -0.4 is 11.1 Å². The van der Waals surface area contributed by atoms with E-state index in [9.17, 15) is 4.79 Å². The Hall–Kier alpha value is -2.07. The Kier molecular flexibility index (Phi) is 4.15. The number of rotatable bonds is 5. The number of nitrogens with one attached hydrogen (secondary N) is 1. The van der Waals surface area contributed by atoms with Gasteiger partial charge in [-0.2, -0.15) is 0 Å². The lowest BCUT2D eigenvalue weighted by Gasteiger charge is -2.05. The van der Waals surface area contributed by atoms with Gasteiger partial charge < -0.3 is 15.5 Å². The van der Waals surface area contributed by atoms with Crippen molar-refractivity contribution in [3.63, 3.8) is 0 Å². The van der Waals surface area contributed by atoms with Crippen LogP contribution in [0.25, 0.3) is 0 Å². The molecular weight excluding hydrogens is 228 g/mol. The summed E-state index contributed by atoms with van der Waals surface area (Å²) in [6.07, 6.45) is 1.95. The molecule has 0 saturated heterocycles. The Morgan fingerprint density at radius 3 is 2.78 bits per heavy atom. The maximum absolute atomic E-state index is 11.7. The minimum Gasteiger partial charge on any atom is -0.467 e. The minimum absolute atomic E-state index is 0.0272. The lowest BCUT2D eigenvalue weighted by molar-refractivity contribution is -0.120. The van der Waals surface area contributed by atoms with E-state index in [2.05, 4.69) is 5.32 Å². The van der Waals surface area contributed by atoms with Crippen molar-refractivity contribution in [2.24, 2.45) is 5.73 Å². The molecule has 4 nitrogen and oxygen atoms in total. The molecule has 3 N–H and O–H groups in total. The van der Waals surface area contributed by atoms with Crippen LogP contribution in [-0.2, 0) is 24.3 Å². The average Bonchev–Trinajstić information content (AvgIpc) is 2.90. The van der Waals surface area contributed by atoms with Gasteiger partial charge in [-0.1, -0.05) is 24.3 Å². The van der Waals surface area contributed by atoms with Crippen LogP contribution in [0.5, 0.6) is 0 Å². The van der Waals surface area contributed by atoms with Gasteiger partial charge in [-0.25, -0.2) is 0 Å². The van der Waals surface area contributed by atoms with Gasteiger partial charge in [-0.3, -0.25) is 4.79 Å². The summed E-state index contributed by atoms with van der Waals surface area (Å²) < 4.78 is 5.14. The summed E-state index contributed by atoms with van der Waals surface area (Å²) in [5.41, 5.74) is 7.56. The van der Waals surface area contributed by atoms with Crippen LogP contribution in [0.3, 0.4) is 0 Å². The molecule has 1 amide bonds. The number of hydrogen-bond donors (Lipinski definition) is 2. The van der Waals surface area contributed by atoms with E-state index < -0.39 is 0 Å². The molecule has 0 radical (unpaired) electrons. The van der Waals surface area contributed by atoms with E-state index in [0.29, 0.717) is 19.5 Å². The first kappa shape index (κ1) is 12.4.